The minimum atomic E-state index is -0.609. The lowest BCUT2D eigenvalue weighted by Gasteiger charge is -2.22. The molecule has 2 rings (SSSR count). The van der Waals surface area contributed by atoms with Crippen LogP contribution in [-0.2, 0) is 0 Å². The molecule has 0 saturated heterocycles. The molecule has 0 atom stereocenters. The van der Waals surface area contributed by atoms with Gasteiger partial charge in [0.05, 0.1) is 11.3 Å². The summed E-state index contributed by atoms with van der Waals surface area (Å²) in [6.45, 7) is 2.30. The molecule has 1 aliphatic carbocycles. The van der Waals surface area contributed by atoms with E-state index in [2.05, 4.69) is 4.98 Å². The molecule has 0 amide bonds. The second-order valence-corrected chi connectivity index (χ2v) is 4.31. The van der Waals surface area contributed by atoms with E-state index in [1.165, 1.54) is 0 Å². The summed E-state index contributed by atoms with van der Waals surface area (Å²) < 4.78 is 5.61. The summed E-state index contributed by atoms with van der Waals surface area (Å²) in [4.78, 5) is 4.14. The van der Waals surface area contributed by atoms with Crippen LogP contribution in [0.1, 0.15) is 31.4 Å². The van der Waals surface area contributed by atoms with Gasteiger partial charge in [0.25, 0.3) is 0 Å². The van der Waals surface area contributed by atoms with Gasteiger partial charge in [0.1, 0.15) is 12.4 Å². The second-order valence-electron chi connectivity index (χ2n) is 4.31. The molecule has 1 aromatic heterocycles. The van der Waals surface area contributed by atoms with Gasteiger partial charge in [-0.25, -0.2) is 0 Å². The number of aromatic nitrogens is 1. The van der Waals surface area contributed by atoms with Crippen LogP contribution >= 0.6 is 0 Å². The lowest BCUT2D eigenvalue weighted by molar-refractivity contribution is 0.00110. The van der Waals surface area contributed by atoms with Crippen molar-refractivity contribution in [2.24, 2.45) is 0 Å². The molecular weight excluding hydrogens is 190 g/mol. The van der Waals surface area contributed by atoms with E-state index < -0.39 is 5.60 Å². The van der Waals surface area contributed by atoms with Crippen molar-refractivity contribution in [1.82, 2.24) is 4.98 Å². The fraction of sp³-hybridized carbons (Fsp3) is 0.583. The van der Waals surface area contributed by atoms with Crippen molar-refractivity contribution in [2.75, 3.05) is 6.61 Å². The van der Waals surface area contributed by atoms with Crippen LogP contribution in [0.25, 0.3) is 0 Å². The topological polar surface area (TPSA) is 42.4 Å². The first-order valence-electron chi connectivity index (χ1n) is 5.46. The first-order chi connectivity index (χ1) is 7.20. The molecule has 0 bridgehead atoms. The number of hydrogen-bond donors (Lipinski definition) is 1. The fourth-order valence-corrected chi connectivity index (χ4v) is 2.01. The zero-order valence-electron chi connectivity index (χ0n) is 9.07. The number of ether oxygens (including phenoxy) is 1. The summed E-state index contributed by atoms with van der Waals surface area (Å²) in [6.07, 6.45) is 5.66. The Balaban J connectivity index is 1.95. The van der Waals surface area contributed by atoms with Crippen LogP contribution in [0.2, 0.25) is 0 Å². The molecule has 0 spiro atoms. The number of hydrogen-bond acceptors (Lipinski definition) is 3. The van der Waals surface area contributed by atoms with E-state index in [1.54, 1.807) is 6.20 Å². The predicted octanol–water partition coefficient (Wildman–Crippen LogP) is 2.07. The molecule has 1 saturated carbocycles. The largest absolute Gasteiger partial charge is 0.489 e. The standard InChI is InChI=1S/C12H17NO2/c1-10-11(5-4-8-13-10)15-9-12(14)6-2-3-7-12/h4-5,8,14H,2-3,6-7,9H2,1H3. The third-order valence-electron chi connectivity index (χ3n) is 2.99. The van der Waals surface area contributed by atoms with Gasteiger partial charge >= 0.3 is 0 Å². The van der Waals surface area contributed by atoms with Crippen LogP contribution < -0.4 is 4.74 Å². The molecule has 82 valence electrons. The lowest BCUT2D eigenvalue weighted by Crippen LogP contribution is -2.32. The van der Waals surface area contributed by atoms with E-state index in [-0.39, 0.29) is 0 Å². The summed E-state index contributed by atoms with van der Waals surface area (Å²) in [6, 6.07) is 3.74. The van der Waals surface area contributed by atoms with Gasteiger partial charge in [-0.2, -0.15) is 0 Å². The molecule has 0 radical (unpaired) electrons. The quantitative estimate of drug-likeness (QED) is 0.825. The molecule has 0 aliphatic heterocycles. The number of aryl methyl sites for hydroxylation is 1. The maximum atomic E-state index is 10.1. The zero-order valence-corrected chi connectivity index (χ0v) is 9.07. The third-order valence-corrected chi connectivity index (χ3v) is 2.99. The molecule has 3 heteroatoms. The Hall–Kier alpha value is -1.09. The molecule has 1 heterocycles. The molecule has 15 heavy (non-hydrogen) atoms. The predicted molar refractivity (Wildman–Crippen MR) is 57.9 cm³/mol. The maximum absolute atomic E-state index is 10.1. The van der Waals surface area contributed by atoms with Crippen molar-refractivity contribution in [1.29, 1.82) is 0 Å². The van der Waals surface area contributed by atoms with Gasteiger partial charge in [0.2, 0.25) is 0 Å². The summed E-state index contributed by atoms with van der Waals surface area (Å²) in [5, 5.41) is 10.1. The minimum Gasteiger partial charge on any atom is -0.489 e. The van der Waals surface area contributed by atoms with E-state index >= 15 is 0 Å². The van der Waals surface area contributed by atoms with Crippen molar-refractivity contribution >= 4 is 0 Å². The summed E-state index contributed by atoms with van der Waals surface area (Å²) in [7, 11) is 0. The second kappa shape index (κ2) is 4.19. The van der Waals surface area contributed by atoms with Crippen LogP contribution in [0, 0.1) is 6.92 Å². The van der Waals surface area contributed by atoms with Gasteiger partial charge in [-0.3, -0.25) is 4.98 Å². The Bertz CT molecular complexity index is 332. The minimum absolute atomic E-state index is 0.388. The van der Waals surface area contributed by atoms with Crippen molar-refractivity contribution < 1.29 is 9.84 Å². The summed E-state index contributed by atoms with van der Waals surface area (Å²) >= 11 is 0. The Labute approximate surface area is 90.1 Å². The molecule has 1 aromatic rings. The molecular formula is C12H17NO2. The van der Waals surface area contributed by atoms with Crippen molar-refractivity contribution in [2.45, 2.75) is 38.2 Å². The summed E-state index contributed by atoms with van der Waals surface area (Å²) in [5.74, 6) is 0.776. The van der Waals surface area contributed by atoms with E-state index in [1.807, 2.05) is 19.1 Å². The van der Waals surface area contributed by atoms with E-state index in [9.17, 15) is 5.11 Å². The van der Waals surface area contributed by atoms with Crippen LogP contribution in [0.4, 0.5) is 0 Å². The molecule has 0 unspecified atom stereocenters. The van der Waals surface area contributed by atoms with Crippen LogP contribution in [0.5, 0.6) is 5.75 Å². The van der Waals surface area contributed by atoms with Crippen LogP contribution in [0.15, 0.2) is 18.3 Å². The number of pyridine rings is 1. The monoisotopic (exact) mass is 207 g/mol. The van der Waals surface area contributed by atoms with E-state index in [0.717, 1.165) is 37.1 Å². The lowest BCUT2D eigenvalue weighted by atomic mass is 10.0. The fourth-order valence-electron chi connectivity index (χ4n) is 2.01. The highest BCUT2D eigenvalue weighted by Gasteiger charge is 2.31. The number of nitrogens with zero attached hydrogens (tertiary/aromatic N) is 1. The van der Waals surface area contributed by atoms with Gasteiger partial charge in [-0.05, 0) is 31.9 Å². The Morgan fingerprint density at radius 2 is 2.20 bits per heavy atom. The number of rotatable bonds is 3. The highest BCUT2D eigenvalue weighted by Crippen LogP contribution is 2.30. The number of aliphatic hydroxyl groups is 1. The molecule has 3 nitrogen and oxygen atoms in total. The van der Waals surface area contributed by atoms with Crippen LogP contribution in [0.3, 0.4) is 0 Å². The molecule has 1 fully saturated rings. The van der Waals surface area contributed by atoms with Crippen molar-refractivity contribution in [3.05, 3.63) is 24.0 Å². The van der Waals surface area contributed by atoms with Gasteiger partial charge in [-0.1, -0.05) is 12.8 Å². The normalized spacial score (nSPS) is 19.1. The average molecular weight is 207 g/mol. The SMILES string of the molecule is Cc1ncccc1OCC1(O)CCCC1. The Morgan fingerprint density at radius 1 is 1.47 bits per heavy atom. The van der Waals surface area contributed by atoms with Gasteiger partial charge < -0.3 is 9.84 Å². The highest BCUT2D eigenvalue weighted by atomic mass is 16.5. The maximum Gasteiger partial charge on any atom is 0.140 e. The van der Waals surface area contributed by atoms with Crippen molar-refractivity contribution in [3.63, 3.8) is 0 Å². The Kier molecular flexibility index (Phi) is 2.91. The summed E-state index contributed by atoms with van der Waals surface area (Å²) in [5.41, 5.74) is 0.265. The average Bonchev–Trinajstić information content (AvgIpc) is 2.65. The van der Waals surface area contributed by atoms with Crippen molar-refractivity contribution in [3.8, 4) is 5.75 Å². The highest BCUT2D eigenvalue weighted by molar-refractivity contribution is 5.25. The van der Waals surface area contributed by atoms with E-state index in [4.69, 9.17) is 4.74 Å². The smallest absolute Gasteiger partial charge is 0.140 e. The third kappa shape index (κ3) is 2.48. The first-order valence-corrected chi connectivity index (χ1v) is 5.46. The first kappa shape index (κ1) is 10.4. The van der Waals surface area contributed by atoms with Gasteiger partial charge in [0.15, 0.2) is 0 Å². The molecule has 1 N–H and O–H groups in total. The Morgan fingerprint density at radius 3 is 2.87 bits per heavy atom. The van der Waals surface area contributed by atoms with Gasteiger partial charge in [-0.15, -0.1) is 0 Å². The van der Waals surface area contributed by atoms with Gasteiger partial charge in [0, 0.05) is 6.20 Å². The molecule has 0 aromatic carbocycles. The van der Waals surface area contributed by atoms with E-state index in [0.29, 0.717) is 6.61 Å². The van der Waals surface area contributed by atoms with Crippen LogP contribution in [-0.4, -0.2) is 22.3 Å². The zero-order chi connectivity index (χ0) is 10.7. The molecule has 1 aliphatic rings.